The quantitative estimate of drug-likeness (QED) is 0.0424. The SMILES string of the molecule is CC/C=C\C/C=C\C/C=C\C/C=C\C/C=C\C/C=C\CCCCCCC(=O)OC(/C=C\CCCC)CCCCCCC(=O)NCC(=O)O. The normalized spacial score (nSPS) is 13.0. The Labute approximate surface area is 293 Å². The van der Waals surface area contributed by atoms with Gasteiger partial charge < -0.3 is 15.2 Å². The Balaban J connectivity index is 3.96. The Bertz CT molecular complexity index is 1000. The molecule has 0 aliphatic carbocycles. The van der Waals surface area contributed by atoms with Crippen LogP contribution >= 0.6 is 0 Å². The molecule has 270 valence electrons. The molecule has 0 aromatic carbocycles. The Morgan fingerprint density at radius 1 is 0.583 bits per heavy atom. The Morgan fingerprint density at radius 3 is 1.65 bits per heavy atom. The minimum absolute atomic E-state index is 0.118. The fraction of sp³-hybridized carbons (Fsp3) is 0.595. The molecule has 0 aliphatic rings. The monoisotopic (exact) mass is 666 g/mol. The largest absolute Gasteiger partial charge is 0.480 e. The highest BCUT2D eigenvalue weighted by Crippen LogP contribution is 2.14. The molecule has 6 heteroatoms. The molecule has 0 saturated heterocycles. The maximum absolute atomic E-state index is 12.5. The Kier molecular flexibility index (Phi) is 33.8. The number of nitrogens with one attached hydrogen (secondary N) is 1. The second kappa shape index (κ2) is 36.4. The van der Waals surface area contributed by atoms with Crippen molar-refractivity contribution in [2.24, 2.45) is 0 Å². The van der Waals surface area contributed by atoms with Crippen molar-refractivity contribution in [1.82, 2.24) is 5.32 Å². The van der Waals surface area contributed by atoms with E-state index in [0.717, 1.165) is 122 Å². The van der Waals surface area contributed by atoms with Crippen LogP contribution in [0.3, 0.4) is 0 Å². The predicted octanol–water partition coefficient (Wildman–Crippen LogP) is 11.2. The zero-order valence-corrected chi connectivity index (χ0v) is 30.3. The van der Waals surface area contributed by atoms with Crippen molar-refractivity contribution in [3.63, 3.8) is 0 Å². The van der Waals surface area contributed by atoms with E-state index in [2.05, 4.69) is 98.2 Å². The van der Waals surface area contributed by atoms with Gasteiger partial charge in [0.05, 0.1) is 0 Å². The maximum atomic E-state index is 12.5. The number of ether oxygens (including phenoxy) is 1. The highest BCUT2D eigenvalue weighted by Gasteiger charge is 2.11. The maximum Gasteiger partial charge on any atom is 0.322 e. The minimum Gasteiger partial charge on any atom is -0.480 e. The topological polar surface area (TPSA) is 92.7 Å². The number of allylic oxidation sites excluding steroid dienone is 13. The fourth-order valence-electron chi connectivity index (χ4n) is 4.76. The molecule has 0 aliphatic heterocycles. The van der Waals surface area contributed by atoms with Crippen LogP contribution in [0, 0.1) is 0 Å². The Morgan fingerprint density at radius 2 is 1.08 bits per heavy atom. The van der Waals surface area contributed by atoms with E-state index in [4.69, 9.17) is 9.84 Å². The van der Waals surface area contributed by atoms with Gasteiger partial charge in [-0.25, -0.2) is 0 Å². The van der Waals surface area contributed by atoms with Crippen molar-refractivity contribution in [3.8, 4) is 0 Å². The van der Waals surface area contributed by atoms with E-state index < -0.39 is 5.97 Å². The lowest BCUT2D eigenvalue weighted by atomic mass is 10.1. The van der Waals surface area contributed by atoms with Crippen molar-refractivity contribution in [2.75, 3.05) is 6.54 Å². The summed E-state index contributed by atoms with van der Waals surface area (Å²) in [6.07, 6.45) is 50.3. The highest BCUT2D eigenvalue weighted by molar-refractivity contribution is 5.80. The summed E-state index contributed by atoms with van der Waals surface area (Å²) >= 11 is 0. The van der Waals surface area contributed by atoms with Gasteiger partial charge in [-0.15, -0.1) is 0 Å². The van der Waals surface area contributed by atoms with E-state index in [1.807, 2.05) is 6.08 Å². The van der Waals surface area contributed by atoms with Gasteiger partial charge in [0.1, 0.15) is 12.6 Å². The molecule has 1 unspecified atom stereocenters. The fourth-order valence-corrected chi connectivity index (χ4v) is 4.76. The summed E-state index contributed by atoms with van der Waals surface area (Å²) in [5, 5.41) is 11.0. The van der Waals surface area contributed by atoms with Crippen LogP contribution in [0.5, 0.6) is 0 Å². The standard InChI is InChI=1S/C42H67NO5/c1-3-5-7-9-10-11-12-13-14-15-16-17-18-19-20-21-22-23-24-25-26-27-33-37-42(47)48-39(34-30-8-6-4-2)35-31-28-29-32-36-40(44)43-38-41(45)46/h5,7,10-11,13-14,16-17,19-20,22-23,30,34,39H,3-4,6,8-9,12,15,18,21,24-29,31-33,35-38H2,1-2H3,(H,43,44)(H,45,46)/b7-5-,11-10-,14-13-,17-16-,20-19-,23-22-,34-30-. The number of carboxylic acids is 1. The number of carbonyl (C=O) groups is 3. The summed E-state index contributed by atoms with van der Waals surface area (Å²) in [6, 6.07) is 0. The predicted molar refractivity (Wildman–Crippen MR) is 203 cm³/mol. The van der Waals surface area contributed by atoms with Crippen LogP contribution in [-0.2, 0) is 19.1 Å². The molecule has 0 aromatic rings. The van der Waals surface area contributed by atoms with Crippen LogP contribution in [-0.4, -0.2) is 35.6 Å². The van der Waals surface area contributed by atoms with Crippen molar-refractivity contribution in [1.29, 1.82) is 0 Å². The lowest BCUT2D eigenvalue weighted by Gasteiger charge is -2.15. The third-order valence-electron chi connectivity index (χ3n) is 7.54. The first-order valence-corrected chi connectivity index (χ1v) is 18.7. The lowest BCUT2D eigenvalue weighted by molar-refractivity contribution is -0.147. The molecule has 0 spiro atoms. The summed E-state index contributed by atoms with van der Waals surface area (Å²) in [5.41, 5.74) is 0. The molecule has 6 nitrogen and oxygen atoms in total. The average Bonchev–Trinajstić information content (AvgIpc) is 3.07. The van der Waals surface area contributed by atoms with Gasteiger partial charge >= 0.3 is 11.9 Å². The number of amides is 1. The lowest BCUT2D eigenvalue weighted by Crippen LogP contribution is -2.28. The van der Waals surface area contributed by atoms with E-state index in [1.165, 1.54) is 0 Å². The molecule has 1 atom stereocenters. The van der Waals surface area contributed by atoms with Crippen LogP contribution in [0.25, 0.3) is 0 Å². The Hall–Kier alpha value is -3.41. The summed E-state index contributed by atoms with van der Waals surface area (Å²) in [5.74, 6) is -1.38. The smallest absolute Gasteiger partial charge is 0.322 e. The second-order valence-electron chi connectivity index (χ2n) is 12.1. The molecule has 0 saturated carbocycles. The van der Waals surface area contributed by atoms with Crippen LogP contribution in [0.1, 0.15) is 149 Å². The number of unbranched alkanes of at least 4 members (excludes halogenated alkanes) is 9. The molecule has 0 radical (unpaired) electrons. The van der Waals surface area contributed by atoms with Gasteiger partial charge in [-0.2, -0.15) is 0 Å². The third-order valence-corrected chi connectivity index (χ3v) is 7.54. The van der Waals surface area contributed by atoms with E-state index in [-0.39, 0.29) is 24.5 Å². The molecular formula is C42H67NO5. The zero-order chi connectivity index (χ0) is 35.2. The summed E-state index contributed by atoms with van der Waals surface area (Å²) in [4.78, 5) is 34.7. The summed E-state index contributed by atoms with van der Waals surface area (Å²) in [6.45, 7) is 3.99. The molecule has 0 bridgehead atoms. The third kappa shape index (κ3) is 35.4. The van der Waals surface area contributed by atoms with Gasteiger partial charge in [-0.1, -0.05) is 131 Å². The molecule has 0 rings (SSSR count). The van der Waals surface area contributed by atoms with Crippen molar-refractivity contribution >= 4 is 17.8 Å². The molecule has 0 heterocycles. The number of esters is 1. The van der Waals surface area contributed by atoms with E-state index in [9.17, 15) is 14.4 Å². The second-order valence-corrected chi connectivity index (χ2v) is 12.1. The summed E-state index contributed by atoms with van der Waals surface area (Å²) in [7, 11) is 0. The van der Waals surface area contributed by atoms with Crippen LogP contribution in [0.15, 0.2) is 85.1 Å². The molecular weight excluding hydrogens is 598 g/mol. The molecule has 2 N–H and O–H groups in total. The number of carboxylic acid groups (broad SMARTS) is 1. The number of rotatable bonds is 32. The minimum atomic E-state index is -1.03. The first-order chi connectivity index (χ1) is 23.5. The van der Waals surface area contributed by atoms with Gasteiger partial charge in [-0.3, -0.25) is 14.4 Å². The van der Waals surface area contributed by atoms with Gasteiger partial charge in [0.15, 0.2) is 0 Å². The van der Waals surface area contributed by atoms with Crippen molar-refractivity contribution in [3.05, 3.63) is 85.1 Å². The van der Waals surface area contributed by atoms with Crippen molar-refractivity contribution in [2.45, 2.75) is 155 Å². The molecule has 0 aromatic heterocycles. The molecule has 48 heavy (non-hydrogen) atoms. The highest BCUT2D eigenvalue weighted by atomic mass is 16.5. The summed E-state index contributed by atoms with van der Waals surface area (Å²) < 4.78 is 5.81. The van der Waals surface area contributed by atoms with Gasteiger partial charge in [0.25, 0.3) is 0 Å². The number of hydrogen-bond acceptors (Lipinski definition) is 4. The van der Waals surface area contributed by atoms with Crippen LogP contribution < -0.4 is 5.32 Å². The van der Waals surface area contributed by atoms with E-state index in [1.54, 1.807) is 0 Å². The first-order valence-electron chi connectivity index (χ1n) is 18.7. The molecule has 1 amide bonds. The van der Waals surface area contributed by atoms with Crippen LogP contribution in [0.2, 0.25) is 0 Å². The number of aliphatic carboxylic acids is 1. The van der Waals surface area contributed by atoms with Gasteiger partial charge in [0.2, 0.25) is 5.91 Å². The van der Waals surface area contributed by atoms with Gasteiger partial charge in [0, 0.05) is 12.8 Å². The zero-order valence-electron chi connectivity index (χ0n) is 30.3. The number of carbonyl (C=O) groups excluding carboxylic acids is 2. The first kappa shape index (κ1) is 44.6. The average molecular weight is 666 g/mol. The number of hydrogen-bond donors (Lipinski definition) is 2. The van der Waals surface area contributed by atoms with E-state index >= 15 is 0 Å². The van der Waals surface area contributed by atoms with Crippen molar-refractivity contribution < 1.29 is 24.2 Å². The molecule has 0 fully saturated rings. The van der Waals surface area contributed by atoms with E-state index in [0.29, 0.717) is 12.8 Å². The van der Waals surface area contributed by atoms with Gasteiger partial charge in [-0.05, 0) is 89.5 Å². The van der Waals surface area contributed by atoms with Crippen LogP contribution in [0.4, 0.5) is 0 Å².